The first-order valence-electron chi connectivity index (χ1n) is 4.59. The zero-order valence-corrected chi connectivity index (χ0v) is 8.89. The van der Waals surface area contributed by atoms with Gasteiger partial charge in [-0.05, 0) is 17.7 Å². The van der Waals surface area contributed by atoms with Gasteiger partial charge in [-0.1, -0.05) is 0 Å². The number of aliphatic carboxylic acids is 1. The molecule has 84 valence electrons. The number of carboxylic acids is 1. The van der Waals surface area contributed by atoms with Crippen LogP contribution in [0.25, 0.3) is 0 Å². The van der Waals surface area contributed by atoms with Crippen molar-refractivity contribution in [2.45, 2.75) is 6.42 Å². The molecule has 0 aromatic carbocycles. The molecule has 7 heteroatoms. The monoisotopic (exact) mass is 241 g/mol. The van der Waals surface area contributed by atoms with Gasteiger partial charge in [-0.25, -0.2) is 9.97 Å². The first kappa shape index (κ1) is 10.8. The summed E-state index contributed by atoms with van der Waals surface area (Å²) in [6.45, 7) is 0.126. The lowest BCUT2D eigenvalue weighted by Crippen LogP contribution is -2.26. The van der Waals surface area contributed by atoms with E-state index in [1.165, 1.54) is 17.2 Å². The lowest BCUT2D eigenvalue weighted by molar-refractivity contribution is -0.141. The molecular formula is C9H8ClN3O3. The molecule has 2 heterocycles. The predicted octanol–water partition coefficient (Wildman–Crippen LogP) is 0.568. The van der Waals surface area contributed by atoms with Gasteiger partial charge in [-0.15, -0.1) is 0 Å². The molecule has 1 aliphatic rings. The van der Waals surface area contributed by atoms with Gasteiger partial charge in [0.25, 0.3) is 0 Å². The SMILES string of the molecule is O=C(O)C1CC(=O)N(c2ccnc(Cl)n2)C1. The second kappa shape index (κ2) is 4.05. The van der Waals surface area contributed by atoms with Crippen LogP contribution in [0.3, 0.4) is 0 Å². The number of carboxylic acid groups (broad SMARTS) is 1. The van der Waals surface area contributed by atoms with Gasteiger partial charge in [0.05, 0.1) is 5.92 Å². The van der Waals surface area contributed by atoms with E-state index in [4.69, 9.17) is 16.7 Å². The number of carbonyl (C=O) groups excluding carboxylic acids is 1. The highest BCUT2D eigenvalue weighted by atomic mass is 35.5. The number of hydrogen-bond donors (Lipinski definition) is 1. The molecule has 1 aliphatic heterocycles. The van der Waals surface area contributed by atoms with E-state index >= 15 is 0 Å². The van der Waals surface area contributed by atoms with Crippen LogP contribution >= 0.6 is 11.6 Å². The number of halogens is 1. The van der Waals surface area contributed by atoms with Gasteiger partial charge in [-0.3, -0.25) is 14.5 Å². The maximum Gasteiger partial charge on any atom is 0.308 e. The third kappa shape index (κ3) is 1.96. The van der Waals surface area contributed by atoms with Crippen molar-refractivity contribution in [1.82, 2.24) is 9.97 Å². The summed E-state index contributed by atoms with van der Waals surface area (Å²) in [5.41, 5.74) is 0. The van der Waals surface area contributed by atoms with Crippen LogP contribution in [0, 0.1) is 5.92 Å². The molecule has 0 saturated carbocycles. The van der Waals surface area contributed by atoms with Gasteiger partial charge < -0.3 is 5.11 Å². The van der Waals surface area contributed by atoms with E-state index in [1.54, 1.807) is 0 Å². The molecule has 0 aliphatic carbocycles. The lowest BCUT2D eigenvalue weighted by atomic mass is 10.1. The van der Waals surface area contributed by atoms with Crippen molar-refractivity contribution >= 4 is 29.3 Å². The highest BCUT2D eigenvalue weighted by Crippen LogP contribution is 2.23. The summed E-state index contributed by atoms with van der Waals surface area (Å²) >= 11 is 5.59. The maximum absolute atomic E-state index is 11.6. The fourth-order valence-electron chi connectivity index (χ4n) is 1.57. The van der Waals surface area contributed by atoms with E-state index in [0.717, 1.165) is 0 Å². The molecule has 6 nitrogen and oxygen atoms in total. The van der Waals surface area contributed by atoms with Crippen LogP contribution in [-0.2, 0) is 9.59 Å². The highest BCUT2D eigenvalue weighted by Gasteiger charge is 2.35. The zero-order valence-electron chi connectivity index (χ0n) is 8.13. The Labute approximate surface area is 95.9 Å². The quantitative estimate of drug-likeness (QED) is 0.766. The van der Waals surface area contributed by atoms with Crippen LogP contribution < -0.4 is 4.90 Å². The fourth-order valence-corrected chi connectivity index (χ4v) is 1.71. The van der Waals surface area contributed by atoms with Gasteiger partial charge in [0.1, 0.15) is 5.82 Å². The van der Waals surface area contributed by atoms with Crippen LogP contribution in [0.15, 0.2) is 12.3 Å². The summed E-state index contributed by atoms with van der Waals surface area (Å²) in [6, 6.07) is 1.52. The van der Waals surface area contributed by atoms with Crippen molar-refractivity contribution in [2.75, 3.05) is 11.4 Å². The number of carbonyl (C=O) groups is 2. The van der Waals surface area contributed by atoms with Crippen molar-refractivity contribution in [3.05, 3.63) is 17.5 Å². The molecule has 1 fully saturated rings. The second-order valence-corrected chi connectivity index (χ2v) is 3.77. The van der Waals surface area contributed by atoms with Crippen LogP contribution in [0.4, 0.5) is 5.82 Å². The third-order valence-electron chi connectivity index (χ3n) is 2.36. The molecule has 1 unspecified atom stereocenters. The molecule has 1 atom stereocenters. The summed E-state index contributed by atoms with van der Waals surface area (Å²) in [4.78, 5) is 31.2. The number of amides is 1. The highest BCUT2D eigenvalue weighted by molar-refractivity contribution is 6.28. The smallest absolute Gasteiger partial charge is 0.308 e. The van der Waals surface area contributed by atoms with Crippen LogP contribution in [0.2, 0.25) is 5.28 Å². The Hall–Kier alpha value is -1.69. The average Bonchev–Trinajstić information content (AvgIpc) is 2.60. The van der Waals surface area contributed by atoms with E-state index in [0.29, 0.717) is 5.82 Å². The van der Waals surface area contributed by atoms with Crippen molar-refractivity contribution in [3.63, 3.8) is 0 Å². The number of rotatable bonds is 2. The topological polar surface area (TPSA) is 83.4 Å². The van der Waals surface area contributed by atoms with Gasteiger partial charge in [0, 0.05) is 19.2 Å². The molecular weight excluding hydrogens is 234 g/mol. The van der Waals surface area contributed by atoms with Crippen molar-refractivity contribution in [1.29, 1.82) is 0 Å². The van der Waals surface area contributed by atoms with Crippen LogP contribution in [0.5, 0.6) is 0 Å². The summed E-state index contributed by atoms with van der Waals surface area (Å²) < 4.78 is 0. The standard InChI is InChI=1S/C9H8ClN3O3/c10-9-11-2-1-6(12-9)13-4-5(8(15)16)3-7(13)14/h1-2,5H,3-4H2,(H,15,16). The normalized spacial score (nSPS) is 20.2. The number of aromatic nitrogens is 2. The largest absolute Gasteiger partial charge is 0.481 e. The first-order valence-corrected chi connectivity index (χ1v) is 4.97. The Morgan fingerprint density at radius 2 is 2.38 bits per heavy atom. The summed E-state index contributed by atoms with van der Waals surface area (Å²) in [5, 5.41) is 8.84. The Morgan fingerprint density at radius 1 is 1.62 bits per heavy atom. The van der Waals surface area contributed by atoms with Gasteiger partial charge >= 0.3 is 5.97 Å². The minimum Gasteiger partial charge on any atom is -0.481 e. The van der Waals surface area contributed by atoms with E-state index in [-0.39, 0.29) is 24.2 Å². The molecule has 1 N–H and O–H groups in total. The van der Waals surface area contributed by atoms with Crippen molar-refractivity contribution < 1.29 is 14.7 Å². The number of hydrogen-bond acceptors (Lipinski definition) is 4. The molecule has 1 aromatic rings. The first-order chi connectivity index (χ1) is 7.58. The zero-order chi connectivity index (χ0) is 11.7. The van der Waals surface area contributed by atoms with Crippen molar-refractivity contribution in [3.8, 4) is 0 Å². The summed E-state index contributed by atoms with van der Waals surface area (Å²) in [7, 11) is 0. The lowest BCUT2D eigenvalue weighted by Gasteiger charge is -2.14. The second-order valence-electron chi connectivity index (χ2n) is 3.43. The van der Waals surface area contributed by atoms with E-state index < -0.39 is 11.9 Å². The fraction of sp³-hybridized carbons (Fsp3) is 0.333. The predicted molar refractivity (Wildman–Crippen MR) is 55.1 cm³/mol. The maximum atomic E-state index is 11.6. The minimum absolute atomic E-state index is 0.00302. The molecule has 1 amide bonds. The van der Waals surface area contributed by atoms with E-state index in [1.807, 2.05) is 0 Å². The Kier molecular flexibility index (Phi) is 2.74. The van der Waals surface area contributed by atoms with Gasteiger partial charge in [-0.2, -0.15) is 0 Å². The Bertz CT molecular complexity index is 451. The third-order valence-corrected chi connectivity index (χ3v) is 2.54. The molecule has 0 bridgehead atoms. The summed E-state index contributed by atoms with van der Waals surface area (Å²) in [6.07, 6.45) is 1.42. The van der Waals surface area contributed by atoms with Gasteiger partial charge in [0.2, 0.25) is 11.2 Å². The van der Waals surface area contributed by atoms with Crippen molar-refractivity contribution in [2.24, 2.45) is 5.92 Å². The number of anilines is 1. The molecule has 2 rings (SSSR count). The molecule has 16 heavy (non-hydrogen) atoms. The van der Waals surface area contributed by atoms with Gasteiger partial charge in [0.15, 0.2) is 0 Å². The Morgan fingerprint density at radius 3 is 2.94 bits per heavy atom. The summed E-state index contributed by atoms with van der Waals surface area (Å²) in [5.74, 6) is -1.58. The minimum atomic E-state index is -0.976. The Balaban J connectivity index is 2.23. The van der Waals surface area contributed by atoms with E-state index in [9.17, 15) is 9.59 Å². The van der Waals surface area contributed by atoms with E-state index in [2.05, 4.69) is 9.97 Å². The molecule has 0 radical (unpaired) electrons. The number of nitrogens with zero attached hydrogens (tertiary/aromatic N) is 3. The average molecular weight is 242 g/mol. The van der Waals surface area contributed by atoms with Crippen LogP contribution in [-0.4, -0.2) is 33.5 Å². The molecule has 0 spiro atoms. The molecule has 1 saturated heterocycles. The molecule has 1 aromatic heterocycles. The van der Waals surface area contributed by atoms with Crippen LogP contribution in [0.1, 0.15) is 6.42 Å².